The summed E-state index contributed by atoms with van der Waals surface area (Å²) in [5, 5.41) is 13.2. The molecular weight excluding hydrogens is 230 g/mol. The molecule has 9 nitrogen and oxygen atoms in total. The van der Waals surface area contributed by atoms with Gasteiger partial charge in [0.1, 0.15) is 0 Å². The Bertz CT molecular complexity index is 568. The Morgan fingerprint density at radius 2 is 2.47 bits per heavy atom. The first-order chi connectivity index (χ1) is 8.19. The van der Waals surface area contributed by atoms with E-state index in [0.29, 0.717) is 0 Å². The molecule has 0 aliphatic heterocycles. The van der Waals surface area contributed by atoms with Gasteiger partial charge in [-0.1, -0.05) is 0 Å². The number of hydrogen-bond donors (Lipinski definition) is 1. The highest BCUT2D eigenvalue weighted by Gasteiger charge is 2.12. The van der Waals surface area contributed by atoms with Gasteiger partial charge in [0.25, 0.3) is 5.56 Å². The summed E-state index contributed by atoms with van der Waals surface area (Å²) in [5.41, 5.74) is -0.401. The molecule has 90 valence electrons. The SMILES string of the molecule is CCOC(=O)Cn1nnc(-c2cc(=O)[nH]o2)n1. The molecule has 0 radical (unpaired) electrons. The van der Waals surface area contributed by atoms with E-state index in [1.807, 2.05) is 0 Å². The smallest absolute Gasteiger partial charge is 0.329 e. The van der Waals surface area contributed by atoms with Crippen molar-refractivity contribution in [1.29, 1.82) is 0 Å². The summed E-state index contributed by atoms with van der Waals surface area (Å²) in [6, 6.07) is 1.19. The molecule has 0 amide bonds. The number of hydrogen-bond acceptors (Lipinski definition) is 7. The van der Waals surface area contributed by atoms with Gasteiger partial charge >= 0.3 is 5.97 Å². The molecule has 0 atom stereocenters. The molecule has 0 aliphatic carbocycles. The predicted octanol–water partition coefficient (Wildman–Crippen LogP) is -0.816. The van der Waals surface area contributed by atoms with E-state index >= 15 is 0 Å². The van der Waals surface area contributed by atoms with Crippen molar-refractivity contribution >= 4 is 5.97 Å². The molecule has 0 aliphatic rings. The number of esters is 1. The van der Waals surface area contributed by atoms with Gasteiger partial charge in [-0.3, -0.25) is 4.79 Å². The van der Waals surface area contributed by atoms with Crippen LogP contribution in [0.25, 0.3) is 11.6 Å². The van der Waals surface area contributed by atoms with Crippen LogP contribution >= 0.6 is 0 Å². The van der Waals surface area contributed by atoms with Crippen molar-refractivity contribution in [3.63, 3.8) is 0 Å². The summed E-state index contributed by atoms with van der Waals surface area (Å²) in [4.78, 5) is 23.0. The fourth-order valence-electron chi connectivity index (χ4n) is 1.12. The molecule has 0 saturated carbocycles. The zero-order chi connectivity index (χ0) is 12.3. The minimum absolute atomic E-state index is 0.118. The maximum Gasteiger partial charge on any atom is 0.329 e. The van der Waals surface area contributed by atoms with Crippen molar-refractivity contribution in [3.8, 4) is 11.6 Å². The first-order valence-corrected chi connectivity index (χ1v) is 4.81. The third kappa shape index (κ3) is 2.56. The summed E-state index contributed by atoms with van der Waals surface area (Å²) >= 11 is 0. The lowest BCUT2D eigenvalue weighted by Gasteiger charge is -1.98. The van der Waals surface area contributed by atoms with Crippen molar-refractivity contribution in [2.45, 2.75) is 13.5 Å². The van der Waals surface area contributed by atoms with E-state index in [-0.39, 0.29) is 24.7 Å². The van der Waals surface area contributed by atoms with E-state index in [1.165, 1.54) is 6.07 Å². The van der Waals surface area contributed by atoms with Gasteiger partial charge < -0.3 is 9.26 Å². The quantitative estimate of drug-likeness (QED) is 0.693. The van der Waals surface area contributed by atoms with Crippen molar-refractivity contribution < 1.29 is 14.1 Å². The molecule has 0 saturated heterocycles. The average molecular weight is 239 g/mol. The molecule has 0 unspecified atom stereocenters. The van der Waals surface area contributed by atoms with Gasteiger partial charge in [-0.2, -0.15) is 9.95 Å². The van der Waals surface area contributed by atoms with E-state index in [9.17, 15) is 9.59 Å². The van der Waals surface area contributed by atoms with E-state index < -0.39 is 11.5 Å². The van der Waals surface area contributed by atoms with Crippen LogP contribution in [0.4, 0.5) is 0 Å². The summed E-state index contributed by atoms with van der Waals surface area (Å²) in [6.45, 7) is 1.84. The van der Waals surface area contributed by atoms with Crippen molar-refractivity contribution in [2.24, 2.45) is 0 Å². The molecule has 2 aromatic heterocycles. The Morgan fingerprint density at radius 3 is 3.12 bits per heavy atom. The van der Waals surface area contributed by atoms with Crippen LogP contribution in [-0.2, 0) is 16.1 Å². The van der Waals surface area contributed by atoms with E-state index in [4.69, 9.17) is 9.26 Å². The van der Waals surface area contributed by atoms with Gasteiger partial charge in [-0.25, -0.2) is 4.79 Å². The highest BCUT2D eigenvalue weighted by Crippen LogP contribution is 2.08. The molecule has 2 heterocycles. The monoisotopic (exact) mass is 239 g/mol. The number of nitrogens with zero attached hydrogens (tertiary/aromatic N) is 4. The molecule has 1 N–H and O–H groups in total. The first-order valence-electron chi connectivity index (χ1n) is 4.81. The molecule has 0 spiro atoms. The first kappa shape index (κ1) is 11.0. The standard InChI is InChI=1S/C8H9N5O4/c1-2-16-7(15)4-13-10-8(9-12-13)5-3-6(14)11-17-5/h3H,2,4H2,1H3,(H,11,14). The van der Waals surface area contributed by atoms with Crippen LogP contribution < -0.4 is 5.56 Å². The van der Waals surface area contributed by atoms with Gasteiger partial charge in [-0.15, -0.1) is 10.2 Å². The van der Waals surface area contributed by atoms with Crippen molar-refractivity contribution in [2.75, 3.05) is 6.61 Å². The van der Waals surface area contributed by atoms with E-state index in [2.05, 4.69) is 20.6 Å². The zero-order valence-corrected chi connectivity index (χ0v) is 8.91. The maximum absolute atomic E-state index is 11.1. The summed E-state index contributed by atoms with van der Waals surface area (Å²) in [5.74, 6) is -0.190. The number of rotatable bonds is 4. The molecule has 0 bridgehead atoms. The largest absolute Gasteiger partial charge is 0.465 e. The number of carbonyl (C=O) groups excluding carboxylic acids is 1. The molecule has 2 rings (SSSR count). The Kier molecular flexibility index (Phi) is 2.99. The van der Waals surface area contributed by atoms with E-state index in [1.54, 1.807) is 6.92 Å². The molecule has 0 fully saturated rings. The Labute approximate surface area is 94.3 Å². The fraction of sp³-hybridized carbons (Fsp3) is 0.375. The summed E-state index contributed by atoms with van der Waals surface area (Å²) in [6.07, 6.45) is 0. The average Bonchev–Trinajstić information content (AvgIpc) is 2.87. The van der Waals surface area contributed by atoms with Gasteiger partial charge in [0.15, 0.2) is 6.54 Å². The molecule has 0 aromatic carbocycles. The summed E-state index contributed by atoms with van der Waals surface area (Å²) < 4.78 is 9.50. The Balaban J connectivity index is 2.11. The van der Waals surface area contributed by atoms with Gasteiger partial charge in [0.2, 0.25) is 11.6 Å². The predicted molar refractivity (Wildman–Crippen MR) is 52.8 cm³/mol. The van der Waals surface area contributed by atoms with Gasteiger partial charge in [0, 0.05) is 0 Å². The molecular formula is C8H9N5O4. The second-order valence-electron chi connectivity index (χ2n) is 3.03. The second kappa shape index (κ2) is 4.60. The molecule has 17 heavy (non-hydrogen) atoms. The topological polar surface area (TPSA) is 116 Å². The van der Waals surface area contributed by atoms with Crippen LogP contribution in [0.1, 0.15) is 6.92 Å². The number of nitrogens with one attached hydrogen (secondary N) is 1. The summed E-state index contributed by atoms with van der Waals surface area (Å²) in [7, 11) is 0. The Hall–Kier alpha value is -2.45. The van der Waals surface area contributed by atoms with Crippen molar-refractivity contribution in [3.05, 3.63) is 16.4 Å². The lowest BCUT2D eigenvalue weighted by atomic mass is 10.4. The number of tetrazole rings is 1. The van der Waals surface area contributed by atoms with Crippen LogP contribution in [0, 0.1) is 0 Å². The number of carbonyl (C=O) groups is 1. The molecule has 2 aromatic rings. The third-order valence-corrected chi connectivity index (χ3v) is 1.77. The normalized spacial score (nSPS) is 10.4. The maximum atomic E-state index is 11.1. The van der Waals surface area contributed by atoms with E-state index in [0.717, 1.165) is 4.80 Å². The van der Waals surface area contributed by atoms with Crippen molar-refractivity contribution in [1.82, 2.24) is 25.4 Å². The lowest BCUT2D eigenvalue weighted by molar-refractivity contribution is -0.144. The highest BCUT2D eigenvalue weighted by molar-refractivity contribution is 5.68. The van der Waals surface area contributed by atoms with Crippen LogP contribution in [0.3, 0.4) is 0 Å². The number of ether oxygens (including phenoxy) is 1. The Morgan fingerprint density at radius 1 is 1.65 bits per heavy atom. The van der Waals surface area contributed by atoms with Crippen LogP contribution in [0.2, 0.25) is 0 Å². The second-order valence-corrected chi connectivity index (χ2v) is 3.03. The number of H-pyrrole nitrogens is 1. The minimum Gasteiger partial charge on any atom is -0.465 e. The third-order valence-electron chi connectivity index (χ3n) is 1.77. The minimum atomic E-state index is -0.466. The van der Waals surface area contributed by atoms with Gasteiger partial charge in [-0.05, 0) is 12.1 Å². The van der Waals surface area contributed by atoms with Crippen LogP contribution in [-0.4, -0.2) is 37.9 Å². The highest BCUT2D eigenvalue weighted by atomic mass is 16.5. The molecule has 9 heteroatoms. The van der Waals surface area contributed by atoms with Crippen LogP contribution in [0.15, 0.2) is 15.4 Å². The van der Waals surface area contributed by atoms with Gasteiger partial charge in [0.05, 0.1) is 12.7 Å². The number of aromatic amines is 1. The number of aromatic nitrogens is 5. The fourth-order valence-corrected chi connectivity index (χ4v) is 1.12. The van der Waals surface area contributed by atoms with Crippen LogP contribution in [0.5, 0.6) is 0 Å². The lowest BCUT2D eigenvalue weighted by Crippen LogP contribution is -2.15. The zero-order valence-electron chi connectivity index (χ0n) is 8.91.